The van der Waals surface area contributed by atoms with E-state index in [-0.39, 0.29) is 12.4 Å². The van der Waals surface area contributed by atoms with Crippen LogP contribution in [0, 0.1) is 6.92 Å². The Morgan fingerprint density at radius 2 is 1.83 bits per heavy atom. The number of fused-ring (bicyclic) bond motifs is 1. The van der Waals surface area contributed by atoms with Gasteiger partial charge in [0, 0.05) is 12.5 Å². The molecule has 126 valence electrons. The molecule has 0 saturated heterocycles. The van der Waals surface area contributed by atoms with Crippen LogP contribution >= 0.6 is 12.4 Å². The van der Waals surface area contributed by atoms with E-state index < -0.39 is 0 Å². The van der Waals surface area contributed by atoms with Gasteiger partial charge in [-0.2, -0.15) is 0 Å². The highest BCUT2D eigenvalue weighted by atomic mass is 35.5. The summed E-state index contributed by atoms with van der Waals surface area (Å²) in [5, 5.41) is 0. The second kappa shape index (κ2) is 7.27. The average molecular weight is 343 g/mol. The van der Waals surface area contributed by atoms with Crippen LogP contribution in [0.3, 0.4) is 0 Å². The second-order valence-corrected chi connectivity index (χ2v) is 6.40. The van der Waals surface area contributed by atoms with Crippen LogP contribution in [0.15, 0.2) is 48.5 Å². The van der Waals surface area contributed by atoms with Crippen molar-refractivity contribution in [1.29, 1.82) is 0 Å². The zero-order valence-electron chi connectivity index (χ0n) is 13.9. The lowest BCUT2D eigenvalue weighted by atomic mass is 10.2. The number of imidazole rings is 1. The van der Waals surface area contributed by atoms with Gasteiger partial charge >= 0.3 is 0 Å². The fourth-order valence-corrected chi connectivity index (χ4v) is 3.03. The zero-order chi connectivity index (χ0) is 15.6. The minimum Gasteiger partial charge on any atom is -0.494 e. The molecule has 4 heteroatoms. The Morgan fingerprint density at radius 3 is 2.58 bits per heavy atom. The standard InChI is InChI=1S/C20H22N2O.ClH/c1-15-7-11-17(12-8-15)23-14-4-13-22-19-6-3-2-5-18(19)21-20(22)16-9-10-16;/h2-3,5-8,11-12,16H,4,9-10,13-14H2,1H3;1H. The highest BCUT2D eigenvalue weighted by Crippen LogP contribution is 2.40. The molecule has 1 aliphatic rings. The maximum Gasteiger partial charge on any atom is 0.119 e. The van der Waals surface area contributed by atoms with Gasteiger partial charge in [-0.3, -0.25) is 0 Å². The van der Waals surface area contributed by atoms with Crippen LogP contribution in [0.5, 0.6) is 5.75 Å². The molecule has 3 aromatic rings. The maximum atomic E-state index is 5.85. The number of nitrogens with zero attached hydrogens (tertiary/aromatic N) is 2. The molecular weight excluding hydrogens is 320 g/mol. The van der Waals surface area contributed by atoms with Gasteiger partial charge in [0.25, 0.3) is 0 Å². The minimum atomic E-state index is 0. The quantitative estimate of drug-likeness (QED) is 0.582. The first-order chi connectivity index (χ1) is 11.3. The molecule has 3 nitrogen and oxygen atoms in total. The zero-order valence-corrected chi connectivity index (χ0v) is 14.8. The third kappa shape index (κ3) is 3.57. The second-order valence-electron chi connectivity index (χ2n) is 6.40. The molecule has 1 fully saturated rings. The van der Waals surface area contributed by atoms with Crippen molar-refractivity contribution in [1.82, 2.24) is 9.55 Å². The van der Waals surface area contributed by atoms with Crippen LogP contribution in [-0.4, -0.2) is 16.2 Å². The lowest BCUT2D eigenvalue weighted by molar-refractivity contribution is 0.301. The molecular formula is C20H23ClN2O. The van der Waals surface area contributed by atoms with Crippen molar-refractivity contribution < 1.29 is 4.74 Å². The summed E-state index contributed by atoms with van der Waals surface area (Å²) in [4.78, 5) is 4.84. The molecule has 0 radical (unpaired) electrons. The fraction of sp³-hybridized carbons (Fsp3) is 0.350. The van der Waals surface area contributed by atoms with Gasteiger partial charge in [-0.05, 0) is 50.5 Å². The molecule has 24 heavy (non-hydrogen) atoms. The van der Waals surface area contributed by atoms with Crippen LogP contribution in [0.2, 0.25) is 0 Å². The van der Waals surface area contributed by atoms with E-state index in [9.17, 15) is 0 Å². The Balaban J connectivity index is 0.00000169. The molecule has 0 spiro atoms. The number of rotatable bonds is 6. The predicted molar refractivity (Wildman–Crippen MR) is 100 cm³/mol. The Morgan fingerprint density at radius 1 is 1.08 bits per heavy atom. The van der Waals surface area contributed by atoms with E-state index in [0.29, 0.717) is 5.92 Å². The van der Waals surface area contributed by atoms with E-state index in [0.717, 1.165) is 30.8 Å². The molecule has 2 aromatic carbocycles. The molecule has 1 aliphatic carbocycles. The molecule has 1 saturated carbocycles. The number of para-hydroxylation sites is 2. The van der Waals surface area contributed by atoms with Gasteiger partial charge in [0.2, 0.25) is 0 Å². The van der Waals surface area contributed by atoms with Crippen molar-refractivity contribution >= 4 is 23.4 Å². The smallest absolute Gasteiger partial charge is 0.119 e. The molecule has 1 heterocycles. The van der Waals surface area contributed by atoms with Crippen molar-refractivity contribution in [3.63, 3.8) is 0 Å². The van der Waals surface area contributed by atoms with E-state index in [1.54, 1.807) is 0 Å². The first-order valence-corrected chi connectivity index (χ1v) is 8.46. The molecule has 1 aromatic heterocycles. The predicted octanol–water partition coefficient (Wildman–Crippen LogP) is 5.11. The van der Waals surface area contributed by atoms with E-state index >= 15 is 0 Å². The van der Waals surface area contributed by atoms with E-state index in [2.05, 4.69) is 47.9 Å². The summed E-state index contributed by atoms with van der Waals surface area (Å²) in [6.07, 6.45) is 3.56. The number of aromatic nitrogens is 2. The largest absolute Gasteiger partial charge is 0.494 e. The summed E-state index contributed by atoms with van der Waals surface area (Å²) in [6.45, 7) is 3.80. The summed E-state index contributed by atoms with van der Waals surface area (Å²) < 4.78 is 8.25. The summed E-state index contributed by atoms with van der Waals surface area (Å²) in [5.74, 6) is 2.88. The first kappa shape index (κ1) is 16.8. The van der Waals surface area contributed by atoms with Crippen molar-refractivity contribution in [3.05, 3.63) is 59.9 Å². The molecule has 4 rings (SSSR count). The summed E-state index contributed by atoms with van der Waals surface area (Å²) in [6, 6.07) is 16.7. The normalized spacial score (nSPS) is 13.7. The fourth-order valence-electron chi connectivity index (χ4n) is 3.03. The van der Waals surface area contributed by atoms with Crippen molar-refractivity contribution in [3.8, 4) is 5.75 Å². The average Bonchev–Trinajstić information content (AvgIpc) is 3.35. The van der Waals surface area contributed by atoms with Crippen LogP contribution in [0.4, 0.5) is 0 Å². The summed E-state index contributed by atoms with van der Waals surface area (Å²) >= 11 is 0. The molecule has 0 unspecified atom stereocenters. The van der Waals surface area contributed by atoms with Gasteiger partial charge in [0.15, 0.2) is 0 Å². The topological polar surface area (TPSA) is 27.1 Å². The Bertz CT molecular complexity index is 806. The lowest BCUT2D eigenvalue weighted by Gasteiger charge is -2.10. The van der Waals surface area contributed by atoms with Gasteiger partial charge in [-0.25, -0.2) is 4.98 Å². The Hall–Kier alpha value is -2.00. The third-order valence-corrected chi connectivity index (χ3v) is 4.44. The molecule has 0 bridgehead atoms. The SMILES string of the molecule is Cc1ccc(OCCCn2c(C3CC3)nc3ccccc32)cc1.Cl. The monoisotopic (exact) mass is 342 g/mol. The van der Waals surface area contributed by atoms with E-state index in [4.69, 9.17) is 9.72 Å². The number of ether oxygens (including phenoxy) is 1. The van der Waals surface area contributed by atoms with E-state index in [1.807, 2.05) is 12.1 Å². The number of hydrogen-bond donors (Lipinski definition) is 0. The molecule has 0 amide bonds. The summed E-state index contributed by atoms with van der Waals surface area (Å²) in [7, 11) is 0. The van der Waals surface area contributed by atoms with Gasteiger partial charge in [-0.15, -0.1) is 12.4 Å². The highest BCUT2D eigenvalue weighted by molar-refractivity contribution is 5.85. The summed E-state index contributed by atoms with van der Waals surface area (Å²) in [5.41, 5.74) is 3.63. The molecule has 0 atom stereocenters. The van der Waals surface area contributed by atoms with Gasteiger partial charge in [-0.1, -0.05) is 29.8 Å². The lowest BCUT2D eigenvalue weighted by Crippen LogP contribution is -2.07. The molecule has 0 aliphatic heterocycles. The number of hydrogen-bond acceptors (Lipinski definition) is 2. The molecule has 0 N–H and O–H groups in total. The van der Waals surface area contributed by atoms with Crippen LogP contribution in [0.25, 0.3) is 11.0 Å². The van der Waals surface area contributed by atoms with Crippen LogP contribution in [0.1, 0.15) is 36.6 Å². The van der Waals surface area contributed by atoms with Crippen molar-refractivity contribution in [2.24, 2.45) is 0 Å². The van der Waals surface area contributed by atoms with Gasteiger partial charge in [0.05, 0.1) is 17.6 Å². The number of halogens is 1. The van der Waals surface area contributed by atoms with Crippen molar-refractivity contribution in [2.75, 3.05) is 6.61 Å². The Labute approximate surface area is 149 Å². The van der Waals surface area contributed by atoms with E-state index in [1.165, 1.54) is 29.7 Å². The third-order valence-electron chi connectivity index (χ3n) is 4.44. The number of aryl methyl sites for hydroxylation is 2. The minimum absolute atomic E-state index is 0. The van der Waals surface area contributed by atoms with Gasteiger partial charge in [0.1, 0.15) is 11.6 Å². The maximum absolute atomic E-state index is 5.85. The highest BCUT2D eigenvalue weighted by Gasteiger charge is 2.29. The first-order valence-electron chi connectivity index (χ1n) is 8.46. The van der Waals surface area contributed by atoms with Crippen LogP contribution in [-0.2, 0) is 6.54 Å². The van der Waals surface area contributed by atoms with Crippen molar-refractivity contribution in [2.45, 2.75) is 38.6 Å². The Kier molecular flexibility index (Phi) is 5.10. The van der Waals surface area contributed by atoms with Crippen LogP contribution < -0.4 is 4.74 Å². The number of benzene rings is 2. The van der Waals surface area contributed by atoms with Gasteiger partial charge < -0.3 is 9.30 Å².